The summed E-state index contributed by atoms with van der Waals surface area (Å²) in [6.45, 7) is 3.49. The third-order valence-electron chi connectivity index (χ3n) is 6.98. The number of nitrogens with one attached hydrogen (secondary N) is 1. The molecule has 0 aromatic heterocycles. The zero-order valence-electron chi connectivity index (χ0n) is 22.5. The largest absolute Gasteiger partial charge is 0.506 e. The summed E-state index contributed by atoms with van der Waals surface area (Å²) in [5.74, 6) is -1.44. The number of sulfone groups is 1. The van der Waals surface area contributed by atoms with Crippen LogP contribution in [0.25, 0.3) is 0 Å². The summed E-state index contributed by atoms with van der Waals surface area (Å²) in [4.78, 5) is 14.7. The molecule has 2 aliphatic rings. The molecule has 5 rings (SSSR count). The molecular weight excluding hydrogens is 535 g/mol. The van der Waals surface area contributed by atoms with Crippen LogP contribution in [0.3, 0.4) is 0 Å². The number of halogens is 1. The van der Waals surface area contributed by atoms with Crippen LogP contribution in [-0.2, 0) is 26.0 Å². The van der Waals surface area contributed by atoms with E-state index < -0.39 is 33.0 Å². The van der Waals surface area contributed by atoms with Crippen molar-refractivity contribution in [1.82, 2.24) is 0 Å². The summed E-state index contributed by atoms with van der Waals surface area (Å²) >= 11 is 0. The van der Waals surface area contributed by atoms with Crippen molar-refractivity contribution < 1.29 is 32.2 Å². The Bertz CT molecular complexity index is 1590. The molecule has 0 saturated carbocycles. The van der Waals surface area contributed by atoms with Gasteiger partial charge in [-0.1, -0.05) is 50.2 Å². The number of carbonyl (C=O) groups excluding carboxylic acids is 1. The predicted octanol–water partition coefficient (Wildman–Crippen LogP) is 5.31. The average molecular weight is 567 g/mol. The van der Waals surface area contributed by atoms with Gasteiger partial charge < -0.3 is 19.9 Å². The number of methoxy groups -OCH3 is 1. The minimum atomic E-state index is -3.99. The van der Waals surface area contributed by atoms with Gasteiger partial charge in [-0.25, -0.2) is 12.8 Å². The van der Waals surface area contributed by atoms with Crippen LogP contribution in [0.15, 0.2) is 77.3 Å². The second-order valence-electron chi connectivity index (χ2n) is 10.8. The number of fused-ring (bicyclic) bond motifs is 1. The van der Waals surface area contributed by atoms with Crippen molar-refractivity contribution in [2.24, 2.45) is 5.41 Å². The number of anilines is 2. The van der Waals surface area contributed by atoms with Crippen LogP contribution in [0, 0.1) is 11.2 Å². The van der Waals surface area contributed by atoms with Gasteiger partial charge in [-0.15, -0.1) is 0 Å². The Hall–Kier alpha value is -3.89. The van der Waals surface area contributed by atoms with E-state index in [1.807, 2.05) is 44.2 Å². The minimum absolute atomic E-state index is 0.0229. The van der Waals surface area contributed by atoms with Crippen molar-refractivity contribution in [3.63, 3.8) is 0 Å². The highest BCUT2D eigenvalue weighted by Crippen LogP contribution is 2.51. The highest BCUT2D eigenvalue weighted by molar-refractivity contribution is 7.95. The van der Waals surface area contributed by atoms with Crippen molar-refractivity contribution in [1.29, 1.82) is 0 Å². The van der Waals surface area contributed by atoms with Gasteiger partial charge in [0.15, 0.2) is 9.84 Å². The number of allylic oxidation sites excluding steroid dienone is 1. The highest BCUT2D eigenvalue weighted by atomic mass is 32.2. The van der Waals surface area contributed by atoms with Gasteiger partial charge >= 0.3 is 0 Å². The monoisotopic (exact) mass is 566 g/mol. The molecule has 40 heavy (non-hydrogen) atoms. The molecule has 10 heteroatoms. The standard InChI is InChI=1S/C30H31FN2O6S/c1-30(2)15-23-29(40(36,37)18-30)28(33(26(35)17-38-3)24-10-7-11-25(34)27(24)32-23)21-13-12-20(14-22(21)31)39-16-19-8-5-4-6-9-19/h4-14,28,32,34H,15-18H2,1-3H3. The normalized spacial score (nSPS) is 19.2. The number of carbonyl (C=O) groups is 1. The van der Waals surface area contributed by atoms with Crippen LogP contribution in [0.4, 0.5) is 15.8 Å². The summed E-state index contributed by atoms with van der Waals surface area (Å²) in [7, 11) is -2.65. The van der Waals surface area contributed by atoms with Gasteiger partial charge in [0.25, 0.3) is 5.91 Å². The second kappa shape index (κ2) is 10.6. The number of amides is 1. The van der Waals surface area contributed by atoms with E-state index in [2.05, 4.69) is 5.32 Å². The van der Waals surface area contributed by atoms with Crippen LogP contribution in [0.1, 0.15) is 37.4 Å². The summed E-state index contributed by atoms with van der Waals surface area (Å²) in [6.07, 6.45) is 0.304. The first-order valence-corrected chi connectivity index (χ1v) is 14.5. The summed E-state index contributed by atoms with van der Waals surface area (Å²) < 4.78 is 54.7. The molecule has 2 N–H and O–H groups in total. The van der Waals surface area contributed by atoms with Crippen molar-refractivity contribution in [2.45, 2.75) is 32.9 Å². The number of benzene rings is 3. The van der Waals surface area contributed by atoms with Crippen LogP contribution >= 0.6 is 0 Å². The van der Waals surface area contributed by atoms with Gasteiger partial charge in [-0.05, 0) is 41.7 Å². The molecule has 1 amide bonds. The summed E-state index contributed by atoms with van der Waals surface area (Å²) in [5.41, 5.74) is 0.918. The number of hydrogen-bond acceptors (Lipinski definition) is 7. The first-order valence-electron chi connectivity index (χ1n) is 12.8. The number of rotatable bonds is 6. The molecule has 0 radical (unpaired) electrons. The Labute approximate surface area is 233 Å². The SMILES string of the molecule is COCC(=O)N1c2cccc(O)c2NC2=C(C1c1ccc(OCc3ccccc3)cc1F)S(=O)(=O)CC(C)(C)C2. The lowest BCUT2D eigenvalue weighted by molar-refractivity contribution is -0.122. The second-order valence-corrected chi connectivity index (χ2v) is 12.8. The van der Waals surface area contributed by atoms with Gasteiger partial charge in [0.05, 0.1) is 16.3 Å². The Morgan fingerprint density at radius 1 is 1.12 bits per heavy atom. The van der Waals surface area contributed by atoms with E-state index in [0.717, 1.165) is 5.56 Å². The number of phenolic OH excluding ortho intramolecular Hbond substituents is 1. The molecular formula is C30H31FN2O6S. The third-order valence-corrected chi connectivity index (χ3v) is 9.28. The molecule has 0 fully saturated rings. The van der Waals surface area contributed by atoms with Gasteiger partial charge in [-0.3, -0.25) is 9.69 Å². The Kier molecular flexibility index (Phi) is 7.32. The molecule has 1 unspecified atom stereocenters. The number of phenols is 1. The molecule has 0 spiro atoms. The molecule has 0 saturated heterocycles. The Morgan fingerprint density at radius 3 is 2.58 bits per heavy atom. The Morgan fingerprint density at radius 2 is 1.88 bits per heavy atom. The van der Waals surface area contributed by atoms with E-state index in [9.17, 15) is 18.3 Å². The average Bonchev–Trinajstić information content (AvgIpc) is 3.03. The highest BCUT2D eigenvalue weighted by Gasteiger charge is 2.47. The molecule has 0 aliphatic carbocycles. The topological polar surface area (TPSA) is 105 Å². The fraction of sp³-hybridized carbons (Fsp3) is 0.300. The van der Waals surface area contributed by atoms with Gasteiger partial charge in [-0.2, -0.15) is 0 Å². The van der Waals surface area contributed by atoms with E-state index in [1.165, 1.54) is 30.2 Å². The first-order chi connectivity index (χ1) is 19.0. The zero-order chi connectivity index (χ0) is 28.7. The molecule has 0 bridgehead atoms. The van der Waals surface area contributed by atoms with Crippen LogP contribution < -0.4 is 15.0 Å². The molecule has 3 aromatic rings. The quantitative estimate of drug-likeness (QED) is 0.390. The lowest BCUT2D eigenvalue weighted by atomic mass is 9.88. The van der Waals surface area contributed by atoms with Crippen molar-refractivity contribution >= 4 is 27.1 Å². The number of ether oxygens (including phenoxy) is 2. The first kappa shape index (κ1) is 27.7. The van der Waals surface area contributed by atoms with E-state index in [0.29, 0.717) is 12.1 Å². The summed E-state index contributed by atoms with van der Waals surface area (Å²) in [5, 5.41) is 13.9. The van der Waals surface area contributed by atoms with E-state index in [4.69, 9.17) is 9.47 Å². The molecule has 2 aliphatic heterocycles. The van der Waals surface area contributed by atoms with Gasteiger partial charge in [0, 0.05) is 24.4 Å². The lowest BCUT2D eigenvalue weighted by Gasteiger charge is -2.37. The maximum Gasteiger partial charge on any atom is 0.253 e. The molecule has 8 nitrogen and oxygen atoms in total. The molecule has 210 valence electrons. The number of nitrogens with zero attached hydrogens (tertiary/aromatic N) is 1. The third kappa shape index (κ3) is 5.29. The smallest absolute Gasteiger partial charge is 0.253 e. The fourth-order valence-electron chi connectivity index (χ4n) is 5.41. The van der Waals surface area contributed by atoms with Crippen LogP contribution in [0.5, 0.6) is 11.5 Å². The molecule has 1 atom stereocenters. The Balaban J connectivity index is 1.69. The summed E-state index contributed by atoms with van der Waals surface area (Å²) in [6, 6.07) is 16.8. The number of hydrogen-bond donors (Lipinski definition) is 2. The van der Waals surface area contributed by atoms with Crippen molar-refractivity contribution in [3.05, 3.63) is 94.3 Å². The van der Waals surface area contributed by atoms with Gasteiger partial charge in [0.1, 0.15) is 42.3 Å². The van der Waals surface area contributed by atoms with Crippen LogP contribution in [0.2, 0.25) is 0 Å². The number of para-hydroxylation sites is 1. The van der Waals surface area contributed by atoms with E-state index in [1.54, 1.807) is 18.2 Å². The molecule has 3 aromatic carbocycles. The van der Waals surface area contributed by atoms with Crippen molar-refractivity contribution in [3.8, 4) is 11.5 Å². The minimum Gasteiger partial charge on any atom is -0.506 e. The maximum absolute atomic E-state index is 16.0. The number of aromatic hydroxyl groups is 1. The van der Waals surface area contributed by atoms with Gasteiger partial charge in [0.2, 0.25) is 0 Å². The predicted molar refractivity (Wildman–Crippen MR) is 150 cm³/mol. The molecule has 2 heterocycles. The van der Waals surface area contributed by atoms with E-state index >= 15 is 4.39 Å². The lowest BCUT2D eigenvalue weighted by Crippen LogP contribution is -2.42. The van der Waals surface area contributed by atoms with Crippen LogP contribution in [-0.4, -0.2) is 38.9 Å². The van der Waals surface area contributed by atoms with E-state index in [-0.39, 0.29) is 52.3 Å². The fourth-order valence-corrected chi connectivity index (χ4v) is 7.77. The maximum atomic E-state index is 16.0. The van der Waals surface area contributed by atoms with Crippen molar-refractivity contribution in [2.75, 3.05) is 29.7 Å². The zero-order valence-corrected chi connectivity index (χ0v) is 23.3.